The van der Waals surface area contributed by atoms with Crippen molar-refractivity contribution in [3.63, 3.8) is 0 Å². The van der Waals surface area contributed by atoms with Crippen molar-refractivity contribution < 1.29 is 18.1 Å². The molecule has 0 rings (SSSR count). The first-order chi connectivity index (χ1) is 14.1. The van der Waals surface area contributed by atoms with E-state index in [1.807, 2.05) is 0 Å². The van der Waals surface area contributed by atoms with Crippen molar-refractivity contribution in [3.8, 4) is 0 Å². The van der Waals surface area contributed by atoms with E-state index in [1.165, 1.54) is 116 Å². The van der Waals surface area contributed by atoms with E-state index < -0.39 is 10.1 Å². The maximum absolute atomic E-state index is 10.6. The van der Waals surface area contributed by atoms with Crippen LogP contribution in [0.5, 0.6) is 0 Å². The van der Waals surface area contributed by atoms with Gasteiger partial charge in [-0.25, -0.2) is 0 Å². The van der Waals surface area contributed by atoms with E-state index in [9.17, 15) is 8.42 Å². The normalized spacial score (nSPS) is 11.9. The van der Waals surface area contributed by atoms with Crippen molar-refractivity contribution in [1.82, 2.24) is 0 Å². The molecule has 0 spiro atoms. The third-order valence-corrected chi connectivity index (χ3v) is 6.61. The minimum absolute atomic E-state index is 0.0836. The van der Waals surface area contributed by atoms with Crippen LogP contribution in [-0.4, -0.2) is 30.4 Å². The lowest BCUT2D eigenvalue weighted by molar-refractivity contribution is 0.282. The summed E-state index contributed by atoms with van der Waals surface area (Å²) in [6.45, 7) is 0.353. The van der Waals surface area contributed by atoms with Crippen LogP contribution in [0.2, 0.25) is 0 Å². The molecule has 176 valence electrons. The Labute approximate surface area is 182 Å². The van der Waals surface area contributed by atoms with Crippen LogP contribution in [0.25, 0.3) is 0 Å². The molecule has 0 aromatic heterocycles. The molecule has 0 aliphatic rings. The Hall–Kier alpha value is -0.130. The summed E-state index contributed by atoms with van der Waals surface area (Å²) in [7, 11) is -3.76. The van der Waals surface area contributed by atoms with Gasteiger partial charge < -0.3 is 5.11 Å². The fraction of sp³-hybridized carbons (Fsp3) is 1.00. The number of hydrogen-bond acceptors (Lipinski definition) is 3. The molecule has 0 aliphatic carbocycles. The van der Waals surface area contributed by atoms with Gasteiger partial charge in [0.05, 0.1) is 5.75 Å². The number of aliphatic hydroxyl groups excluding tert-OH is 1. The van der Waals surface area contributed by atoms with Crippen molar-refractivity contribution in [2.45, 2.75) is 141 Å². The minimum atomic E-state index is -3.76. The summed E-state index contributed by atoms with van der Waals surface area (Å²) in [6, 6.07) is 0. The molecule has 0 radical (unpaired) electrons. The van der Waals surface area contributed by atoms with Crippen LogP contribution in [0.4, 0.5) is 0 Å². The molecule has 0 aliphatic heterocycles. The van der Waals surface area contributed by atoms with Crippen LogP contribution in [-0.2, 0) is 10.1 Å². The van der Waals surface area contributed by atoms with E-state index in [0.717, 1.165) is 19.3 Å². The summed E-state index contributed by atoms with van der Waals surface area (Å²) in [5.41, 5.74) is 0. The van der Waals surface area contributed by atoms with Gasteiger partial charge in [-0.2, -0.15) is 8.42 Å². The highest BCUT2D eigenvalue weighted by Gasteiger charge is 2.02. The van der Waals surface area contributed by atoms with Gasteiger partial charge in [-0.1, -0.05) is 128 Å². The monoisotopic (exact) mass is 434 g/mol. The van der Waals surface area contributed by atoms with Crippen LogP contribution in [0.3, 0.4) is 0 Å². The molecular formula is C24H50O4S. The molecule has 29 heavy (non-hydrogen) atoms. The Morgan fingerprint density at radius 2 is 0.586 bits per heavy atom. The van der Waals surface area contributed by atoms with Gasteiger partial charge in [0.25, 0.3) is 10.1 Å². The third kappa shape index (κ3) is 27.9. The quantitative estimate of drug-likeness (QED) is 0.122. The SMILES string of the molecule is O=S(=O)(O)CCCCCCCCCCCCCCCCCCCCCCCCO. The lowest BCUT2D eigenvalue weighted by atomic mass is 10.0. The van der Waals surface area contributed by atoms with Gasteiger partial charge in [-0.15, -0.1) is 0 Å². The van der Waals surface area contributed by atoms with Crippen LogP contribution in [0.15, 0.2) is 0 Å². The van der Waals surface area contributed by atoms with E-state index >= 15 is 0 Å². The lowest BCUT2D eigenvalue weighted by Gasteiger charge is -2.04. The molecule has 0 saturated heterocycles. The second-order valence-corrected chi connectivity index (χ2v) is 10.4. The highest BCUT2D eigenvalue weighted by molar-refractivity contribution is 7.85. The van der Waals surface area contributed by atoms with Gasteiger partial charge in [0.15, 0.2) is 0 Å². The molecule has 4 nitrogen and oxygen atoms in total. The zero-order valence-corrected chi connectivity index (χ0v) is 19.9. The maximum Gasteiger partial charge on any atom is 0.264 e. The molecule has 0 aromatic carbocycles. The molecule has 0 amide bonds. The molecular weight excluding hydrogens is 384 g/mol. The van der Waals surface area contributed by atoms with Crippen molar-refractivity contribution in [1.29, 1.82) is 0 Å². The van der Waals surface area contributed by atoms with Crippen molar-refractivity contribution in [3.05, 3.63) is 0 Å². The van der Waals surface area contributed by atoms with Gasteiger partial charge >= 0.3 is 0 Å². The number of unbranched alkanes of at least 4 members (excludes halogenated alkanes) is 21. The highest BCUT2D eigenvalue weighted by Crippen LogP contribution is 2.15. The first kappa shape index (κ1) is 28.9. The average molecular weight is 435 g/mol. The van der Waals surface area contributed by atoms with Gasteiger partial charge in [0, 0.05) is 6.61 Å². The van der Waals surface area contributed by atoms with Gasteiger partial charge in [0.2, 0.25) is 0 Å². The Morgan fingerprint density at radius 3 is 0.793 bits per heavy atom. The summed E-state index contributed by atoms with van der Waals surface area (Å²) >= 11 is 0. The summed E-state index contributed by atoms with van der Waals surface area (Å²) in [4.78, 5) is 0. The Bertz CT molecular complexity index is 409. The fourth-order valence-corrected chi connectivity index (χ4v) is 4.50. The van der Waals surface area contributed by atoms with Crippen molar-refractivity contribution in [2.75, 3.05) is 12.4 Å². The summed E-state index contributed by atoms with van der Waals surface area (Å²) in [6.07, 6.45) is 27.8. The highest BCUT2D eigenvalue weighted by atomic mass is 32.2. The first-order valence-electron chi connectivity index (χ1n) is 12.6. The van der Waals surface area contributed by atoms with Crippen molar-refractivity contribution >= 4 is 10.1 Å². The minimum Gasteiger partial charge on any atom is -0.396 e. The smallest absolute Gasteiger partial charge is 0.264 e. The largest absolute Gasteiger partial charge is 0.396 e. The zero-order valence-electron chi connectivity index (χ0n) is 19.1. The Morgan fingerprint density at radius 1 is 0.379 bits per heavy atom. The predicted molar refractivity (Wildman–Crippen MR) is 125 cm³/mol. The first-order valence-corrected chi connectivity index (χ1v) is 14.2. The van der Waals surface area contributed by atoms with Crippen LogP contribution >= 0.6 is 0 Å². The number of rotatable bonds is 24. The van der Waals surface area contributed by atoms with E-state index in [-0.39, 0.29) is 5.75 Å². The predicted octanol–water partition coefficient (Wildman–Crippen LogP) is 7.45. The molecule has 0 aromatic rings. The number of hydrogen-bond donors (Lipinski definition) is 2. The second-order valence-electron chi connectivity index (χ2n) is 8.79. The average Bonchev–Trinajstić information content (AvgIpc) is 2.67. The molecule has 5 heteroatoms. The molecule has 0 unspecified atom stereocenters. The summed E-state index contributed by atoms with van der Waals surface area (Å²) in [5, 5.41) is 8.73. The molecule has 0 bridgehead atoms. The fourth-order valence-electron chi connectivity index (χ4n) is 3.93. The van der Waals surface area contributed by atoms with Gasteiger partial charge in [0.1, 0.15) is 0 Å². The molecule has 0 atom stereocenters. The summed E-state index contributed by atoms with van der Waals surface area (Å²) in [5.74, 6) is -0.0836. The maximum atomic E-state index is 10.6. The zero-order chi connectivity index (χ0) is 21.5. The van der Waals surface area contributed by atoms with E-state index in [2.05, 4.69) is 0 Å². The van der Waals surface area contributed by atoms with E-state index in [4.69, 9.17) is 9.66 Å². The van der Waals surface area contributed by atoms with Gasteiger partial charge in [-0.3, -0.25) is 4.55 Å². The van der Waals surface area contributed by atoms with Crippen LogP contribution < -0.4 is 0 Å². The Kier molecular flexibility index (Phi) is 22.5. The second kappa shape index (κ2) is 22.6. The topological polar surface area (TPSA) is 74.6 Å². The van der Waals surface area contributed by atoms with E-state index in [1.54, 1.807) is 0 Å². The Balaban J connectivity index is 3.03. The molecule has 0 saturated carbocycles. The van der Waals surface area contributed by atoms with Crippen molar-refractivity contribution in [2.24, 2.45) is 0 Å². The van der Waals surface area contributed by atoms with Crippen LogP contribution in [0.1, 0.15) is 141 Å². The summed E-state index contributed by atoms with van der Waals surface area (Å²) < 4.78 is 29.9. The third-order valence-electron chi connectivity index (χ3n) is 5.81. The molecule has 0 heterocycles. The molecule has 2 N–H and O–H groups in total. The van der Waals surface area contributed by atoms with E-state index in [0.29, 0.717) is 13.0 Å². The number of aliphatic hydroxyl groups is 1. The lowest BCUT2D eigenvalue weighted by Crippen LogP contribution is -2.03. The van der Waals surface area contributed by atoms with Gasteiger partial charge in [-0.05, 0) is 12.8 Å². The molecule has 0 fully saturated rings. The van der Waals surface area contributed by atoms with Crippen LogP contribution in [0, 0.1) is 0 Å². The standard InChI is InChI=1S/C24H50O4S/c25-23-21-19-17-15-13-11-9-7-5-3-1-2-4-6-8-10-12-14-16-18-20-22-24-29(26,27)28/h25H,1-24H2,(H,26,27,28).